The van der Waals surface area contributed by atoms with Gasteiger partial charge >= 0.3 is 0 Å². The van der Waals surface area contributed by atoms with Crippen LogP contribution in [0.2, 0.25) is 0 Å². The van der Waals surface area contributed by atoms with E-state index in [1.165, 1.54) is 11.1 Å². The Hall–Kier alpha value is -1.44. The van der Waals surface area contributed by atoms with E-state index in [4.69, 9.17) is 11.5 Å². The smallest absolute Gasteiger partial charge is 0.0149 e. The molecule has 0 aromatic heterocycles. The van der Waals surface area contributed by atoms with Crippen LogP contribution in [0.25, 0.3) is 0 Å². The summed E-state index contributed by atoms with van der Waals surface area (Å²) in [4.78, 5) is 0. The molecule has 0 spiro atoms. The van der Waals surface area contributed by atoms with E-state index in [-0.39, 0.29) is 27.6 Å². The quantitative estimate of drug-likeness (QED) is 0.723. The third-order valence-corrected chi connectivity index (χ3v) is 7.36. The molecule has 0 aliphatic heterocycles. The first-order chi connectivity index (χ1) is 10.6. The molecule has 0 saturated heterocycles. The van der Waals surface area contributed by atoms with Crippen molar-refractivity contribution in [2.24, 2.45) is 39.0 Å². The first kappa shape index (κ1) is 18.9. The number of nitrogens with two attached hydrogens (primary N) is 2. The van der Waals surface area contributed by atoms with E-state index in [1.807, 2.05) is 0 Å². The Labute approximate surface area is 148 Å². The van der Waals surface area contributed by atoms with Crippen molar-refractivity contribution in [1.82, 2.24) is 0 Å². The van der Waals surface area contributed by atoms with Gasteiger partial charge in [-0.25, -0.2) is 0 Å². The lowest BCUT2D eigenvalue weighted by molar-refractivity contribution is 0.203. The molecule has 0 aromatic rings. The van der Waals surface area contributed by atoms with E-state index in [9.17, 15) is 0 Å². The molecule has 0 amide bonds. The summed E-state index contributed by atoms with van der Waals surface area (Å²) in [5, 5.41) is 0. The minimum Gasteiger partial charge on any atom is -0.402 e. The van der Waals surface area contributed by atoms with E-state index < -0.39 is 0 Å². The van der Waals surface area contributed by atoms with Crippen LogP contribution in [0.4, 0.5) is 0 Å². The highest BCUT2D eigenvalue weighted by Crippen LogP contribution is 2.51. The zero-order valence-electron chi connectivity index (χ0n) is 17.0. The van der Waals surface area contributed by atoms with Crippen molar-refractivity contribution in [2.45, 2.75) is 62.3 Å². The minimum atomic E-state index is -0.0344. The highest BCUT2D eigenvalue weighted by Gasteiger charge is 2.43. The largest absolute Gasteiger partial charge is 0.402 e. The summed E-state index contributed by atoms with van der Waals surface area (Å²) in [7, 11) is 0. The summed E-state index contributed by atoms with van der Waals surface area (Å²) in [5.74, 6) is 0.285. The average Bonchev–Trinajstić information content (AvgIpc) is 2.41. The zero-order valence-corrected chi connectivity index (χ0v) is 17.0. The normalized spacial score (nSPS) is 27.1. The highest BCUT2D eigenvalue weighted by molar-refractivity contribution is 5.45. The van der Waals surface area contributed by atoms with Gasteiger partial charge in [0.1, 0.15) is 0 Å². The van der Waals surface area contributed by atoms with Crippen molar-refractivity contribution in [2.75, 3.05) is 0 Å². The van der Waals surface area contributed by atoms with Crippen LogP contribution in [0.3, 0.4) is 0 Å². The third kappa shape index (κ3) is 2.64. The van der Waals surface area contributed by atoms with Gasteiger partial charge in [-0.2, -0.15) is 0 Å². The summed E-state index contributed by atoms with van der Waals surface area (Å²) < 4.78 is 0. The van der Waals surface area contributed by atoms with Crippen molar-refractivity contribution >= 4 is 0 Å². The molecule has 0 aromatic carbocycles. The van der Waals surface area contributed by atoms with Crippen LogP contribution in [0, 0.1) is 27.6 Å². The van der Waals surface area contributed by atoms with Crippen LogP contribution >= 0.6 is 0 Å². The van der Waals surface area contributed by atoms with Crippen LogP contribution in [0.15, 0.2) is 46.8 Å². The van der Waals surface area contributed by atoms with Gasteiger partial charge in [-0.05, 0) is 34.1 Å². The van der Waals surface area contributed by atoms with Crippen molar-refractivity contribution < 1.29 is 0 Å². The average molecular weight is 329 g/mol. The van der Waals surface area contributed by atoms with E-state index in [0.717, 1.165) is 11.4 Å². The van der Waals surface area contributed by atoms with E-state index in [0.29, 0.717) is 0 Å². The standard InChI is InChI=1S/C22H36N2/c1-14(15-10-17(23)21(6,7)19(2,3)12-15)16-11-18(24)22(8,9)20(4,5)13-16/h10-14H,23-24H2,1-9H3. The first-order valence-electron chi connectivity index (χ1n) is 9.04. The molecule has 0 atom stereocenters. The zero-order chi connectivity index (χ0) is 18.7. The molecule has 134 valence electrons. The molecular weight excluding hydrogens is 292 g/mol. The summed E-state index contributed by atoms with van der Waals surface area (Å²) in [6.07, 6.45) is 9.14. The predicted molar refractivity (Wildman–Crippen MR) is 105 cm³/mol. The van der Waals surface area contributed by atoms with Crippen molar-refractivity contribution in [3.8, 4) is 0 Å². The Morgan fingerprint density at radius 1 is 0.667 bits per heavy atom. The van der Waals surface area contributed by atoms with Gasteiger partial charge in [0.25, 0.3) is 0 Å². The fourth-order valence-electron chi connectivity index (χ4n) is 3.43. The second-order valence-corrected chi connectivity index (χ2v) is 9.90. The Morgan fingerprint density at radius 2 is 0.958 bits per heavy atom. The first-order valence-corrected chi connectivity index (χ1v) is 9.04. The number of hydrogen-bond acceptors (Lipinski definition) is 2. The topological polar surface area (TPSA) is 52.0 Å². The lowest BCUT2D eigenvalue weighted by Crippen LogP contribution is -2.40. The SMILES string of the molecule is CC(C1=CC(C)(C)C(C)(C)C(N)=C1)C1=CC(C)(C)C(C)(C)C(N)=C1. The molecule has 4 N–H and O–H groups in total. The van der Waals surface area contributed by atoms with Gasteiger partial charge in [0.15, 0.2) is 0 Å². The molecule has 2 aliphatic carbocycles. The minimum absolute atomic E-state index is 0.0225. The van der Waals surface area contributed by atoms with Gasteiger partial charge < -0.3 is 11.5 Å². The molecule has 0 saturated carbocycles. The van der Waals surface area contributed by atoms with Gasteiger partial charge in [-0.3, -0.25) is 0 Å². The van der Waals surface area contributed by atoms with Crippen LogP contribution in [0.1, 0.15) is 62.3 Å². The van der Waals surface area contributed by atoms with Gasteiger partial charge in [0.05, 0.1) is 0 Å². The molecule has 0 heterocycles. The van der Waals surface area contributed by atoms with E-state index >= 15 is 0 Å². The monoisotopic (exact) mass is 328 g/mol. The van der Waals surface area contributed by atoms with Gasteiger partial charge in [-0.1, -0.05) is 74.5 Å². The predicted octanol–water partition coefficient (Wildman–Crippen LogP) is 5.29. The molecule has 24 heavy (non-hydrogen) atoms. The molecule has 2 heteroatoms. The Bertz CT molecular complexity index is 606. The second kappa shape index (κ2) is 5.28. The molecule has 0 unspecified atom stereocenters. The van der Waals surface area contributed by atoms with Gasteiger partial charge in [0, 0.05) is 28.1 Å². The Kier molecular flexibility index (Phi) is 4.15. The Balaban J connectivity index is 2.46. The molecule has 0 bridgehead atoms. The maximum Gasteiger partial charge on any atom is 0.0149 e. The van der Waals surface area contributed by atoms with Gasteiger partial charge in [0.2, 0.25) is 0 Å². The number of rotatable bonds is 2. The summed E-state index contributed by atoms with van der Waals surface area (Å²) in [6.45, 7) is 20.2. The molecule has 2 rings (SSSR count). The molecule has 2 nitrogen and oxygen atoms in total. The lowest BCUT2D eigenvalue weighted by Gasteiger charge is -2.46. The van der Waals surface area contributed by atoms with Crippen LogP contribution < -0.4 is 11.5 Å². The van der Waals surface area contributed by atoms with Crippen LogP contribution in [0.5, 0.6) is 0 Å². The molecule has 0 radical (unpaired) electrons. The Morgan fingerprint density at radius 3 is 1.21 bits per heavy atom. The maximum atomic E-state index is 6.43. The summed E-state index contributed by atoms with van der Waals surface area (Å²) in [6, 6.07) is 0. The number of allylic oxidation sites excluding steroid dienone is 8. The summed E-state index contributed by atoms with van der Waals surface area (Å²) in [5.41, 5.74) is 17.4. The molecule has 2 aliphatic rings. The third-order valence-electron chi connectivity index (χ3n) is 7.36. The summed E-state index contributed by atoms with van der Waals surface area (Å²) >= 11 is 0. The fraction of sp³-hybridized carbons (Fsp3) is 0.636. The van der Waals surface area contributed by atoms with E-state index in [1.54, 1.807) is 0 Å². The van der Waals surface area contributed by atoms with Gasteiger partial charge in [-0.15, -0.1) is 0 Å². The van der Waals surface area contributed by atoms with Crippen molar-refractivity contribution in [3.05, 3.63) is 46.8 Å². The van der Waals surface area contributed by atoms with Crippen LogP contribution in [-0.2, 0) is 0 Å². The van der Waals surface area contributed by atoms with Crippen molar-refractivity contribution in [3.63, 3.8) is 0 Å². The molecular formula is C22H36N2. The maximum absolute atomic E-state index is 6.43. The second-order valence-electron chi connectivity index (χ2n) is 9.90. The molecule has 0 fully saturated rings. The van der Waals surface area contributed by atoms with Crippen LogP contribution in [-0.4, -0.2) is 0 Å². The highest BCUT2D eigenvalue weighted by atomic mass is 14.7. The fourth-order valence-corrected chi connectivity index (χ4v) is 3.43. The number of hydrogen-bond donors (Lipinski definition) is 2. The van der Waals surface area contributed by atoms with E-state index in [2.05, 4.69) is 86.6 Å². The van der Waals surface area contributed by atoms with Crippen molar-refractivity contribution in [1.29, 1.82) is 0 Å². The lowest BCUT2D eigenvalue weighted by atomic mass is 9.60.